The van der Waals surface area contributed by atoms with Gasteiger partial charge < -0.3 is 5.32 Å². The second-order valence-corrected chi connectivity index (χ2v) is 6.33. The highest BCUT2D eigenvalue weighted by Gasteiger charge is 2.30. The summed E-state index contributed by atoms with van der Waals surface area (Å²) in [5.41, 5.74) is 2.93. The van der Waals surface area contributed by atoms with Crippen LogP contribution in [0, 0.1) is 13.8 Å². The molecule has 3 rings (SSSR count). The van der Waals surface area contributed by atoms with Crippen molar-refractivity contribution in [3.63, 3.8) is 0 Å². The summed E-state index contributed by atoms with van der Waals surface area (Å²) in [6.07, 6.45) is 0.918. The van der Waals surface area contributed by atoms with E-state index in [9.17, 15) is 0 Å². The summed E-state index contributed by atoms with van der Waals surface area (Å²) in [6, 6.07) is 14.3. The monoisotopic (exact) mass is 321 g/mol. The first-order valence-corrected chi connectivity index (χ1v) is 8.22. The molecule has 2 aromatic heterocycles. The Morgan fingerprint density at radius 3 is 2.42 bits per heavy atom. The summed E-state index contributed by atoms with van der Waals surface area (Å²) in [6.45, 7) is 8.33. The van der Waals surface area contributed by atoms with Crippen LogP contribution in [0.4, 0.5) is 11.6 Å². The summed E-state index contributed by atoms with van der Waals surface area (Å²) in [5, 5.41) is 10.4. The summed E-state index contributed by atoms with van der Waals surface area (Å²) in [7, 11) is 0. The third-order valence-electron chi connectivity index (χ3n) is 4.43. The third kappa shape index (κ3) is 3.15. The molecular weight excluding hydrogens is 298 g/mol. The molecule has 5 nitrogen and oxygen atoms in total. The van der Waals surface area contributed by atoms with Crippen LogP contribution in [0.15, 0.2) is 42.5 Å². The highest BCUT2D eigenvalue weighted by Crippen LogP contribution is 2.33. The third-order valence-corrected chi connectivity index (χ3v) is 4.43. The molecular formula is C19H23N5. The van der Waals surface area contributed by atoms with Crippen LogP contribution in [0.3, 0.4) is 0 Å². The van der Waals surface area contributed by atoms with Gasteiger partial charge in [0.25, 0.3) is 0 Å². The van der Waals surface area contributed by atoms with Crippen LogP contribution in [0.25, 0.3) is 0 Å². The fourth-order valence-electron chi connectivity index (χ4n) is 2.79. The zero-order valence-corrected chi connectivity index (χ0v) is 14.6. The normalized spacial score (nSPS) is 13.5. The quantitative estimate of drug-likeness (QED) is 0.736. The Morgan fingerprint density at radius 1 is 1.04 bits per heavy atom. The van der Waals surface area contributed by atoms with Crippen LogP contribution >= 0.6 is 0 Å². The molecule has 0 saturated heterocycles. The van der Waals surface area contributed by atoms with E-state index in [4.69, 9.17) is 9.97 Å². The maximum absolute atomic E-state index is 4.78. The minimum Gasteiger partial charge on any atom is -0.323 e. The molecule has 0 aliphatic heterocycles. The van der Waals surface area contributed by atoms with Gasteiger partial charge in [-0.15, -0.1) is 0 Å². The Kier molecular flexibility index (Phi) is 4.34. The van der Waals surface area contributed by atoms with E-state index in [1.54, 1.807) is 0 Å². The summed E-state index contributed by atoms with van der Waals surface area (Å²) in [5.74, 6) is 2.35. The van der Waals surface area contributed by atoms with Gasteiger partial charge in [-0.3, -0.25) is 5.10 Å². The zero-order valence-electron chi connectivity index (χ0n) is 14.6. The molecule has 0 bridgehead atoms. The largest absolute Gasteiger partial charge is 0.323 e. The fourth-order valence-corrected chi connectivity index (χ4v) is 2.79. The lowest BCUT2D eigenvalue weighted by atomic mass is 9.79. The smallest absolute Gasteiger partial charge is 0.153 e. The lowest BCUT2D eigenvalue weighted by Crippen LogP contribution is -2.26. The van der Waals surface area contributed by atoms with Crippen molar-refractivity contribution in [3.05, 3.63) is 65.2 Å². The fraction of sp³-hybridized carbons (Fsp3) is 0.316. The number of aromatic nitrogens is 4. The Hall–Kier alpha value is -2.69. The van der Waals surface area contributed by atoms with Gasteiger partial charge in [-0.2, -0.15) is 5.10 Å². The molecule has 0 radical (unpaired) electrons. The molecule has 3 aromatic rings. The van der Waals surface area contributed by atoms with Gasteiger partial charge in [0.2, 0.25) is 0 Å². The van der Waals surface area contributed by atoms with Gasteiger partial charge in [-0.05, 0) is 32.8 Å². The van der Waals surface area contributed by atoms with Crippen molar-refractivity contribution in [3.8, 4) is 0 Å². The van der Waals surface area contributed by atoms with E-state index >= 15 is 0 Å². The topological polar surface area (TPSA) is 66.5 Å². The average Bonchev–Trinajstić information content (AvgIpc) is 2.99. The lowest BCUT2D eigenvalue weighted by Gasteiger charge is -2.28. The van der Waals surface area contributed by atoms with E-state index < -0.39 is 0 Å². The number of nitrogens with zero attached hydrogens (tertiary/aromatic N) is 3. The molecule has 0 amide bonds. The van der Waals surface area contributed by atoms with Gasteiger partial charge >= 0.3 is 0 Å². The first-order chi connectivity index (χ1) is 11.5. The van der Waals surface area contributed by atoms with Crippen LogP contribution in [0.2, 0.25) is 0 Å². The number of rotatable bonds is 5. The zero-order chi connectivity index (χ0) is 17.2. The van der Waals surface area contributed by atoms with Crippen LogP contribution in [-0.4, -0.2) is 20.2 Å². The highest BCUT2D eigenvalue weighted by molar-refractivity contribution is 5.52. The Bertz CT molecular complexity index is 825. The number of H-pyrrole nitrogens is 1. The maximum atomic E-state index is 4.78. The predicted octanol–water partition coefficient (Wildman–Crippen LogP) is 4.28. The van der Waals surface area contributed by atoms with Gasteiger partial charge in [0, 0.05) is 23.5 Å². The number of hydrogen-bond donors (Lipinski definition) is 2. The van der Waals surface area contributed by atoms with Crippen molar-refractivity contribution in [2.24, 2.45) is 0 Å². The Labute approximate surface area is 142 Å². The average molecular weight is 321 g/mol. The minimum atomic E-state index is -0.231. The molecule has 124 valence electrons. The molecule has 2 heterocycles. The van der Waals surface area contributed by atoms with E-state index in [1.165, 1.54) is 5.56 Å². The van der Waals surface area contributed by atoms with Crippen molar-refractivity contribution in [2.75, 3.05) is 5.32 Å². The number of hydrogen-bond acceptors (Lipinski definition) is 4. The van der Waals surface area contributed by atoms with Crippen molar-refractivity contribution in [1.29, 1.82) is 0 Å². The second-order valence-electron chi connectivity index (χ2n) is 6.33. The molecule has 0 saturated carbocycles. The SMILES string of the molecule is CCC(C)(c1ccccc1)c1nc(C)cc(Nc2cc(C)[nH]n2)n1. The molecule has 5 heteroatoms. The number of nitrogens with one attached hydrogen (secondary N) is 2. The van der Waals surface area contributed by atoms with E-state index in [0.29, 0.717) is 0 Å². The van der Waals surface area contributed by atoms with Gasteiger partial charge in [0.1, 0.15) is 11.6 Å². The Morgan fingerprint density at radius 2 is 1.79 bits per heavy atom. The highest BCUT2D eigenvalue weighted by atomic mass is 15.2. The predicted molar refractivity (Wildman–Crippen MR) is 96.6 cm³/mol. The van der Waals surface area contributed by atoms with Crippen molar-refractivity contribution in [1.82, 2.24) is 20.2 Å². The molecule has 24 heavy (non-hydrogen) atoms. The van der Waals surface area contributed by atoms with E-state index in [-0.39, 0.29) is 5.41 Å². The summed E-state index contributed by atoms with van der Waals surface area (Å²) in [4.78, 5) is 9.50. The lowest BCUT2D eigenvalue weighted by molar-refractivity contribution is 0.512. The van der Waals surface area contributed by atoms with Gasteiger partial charge in [-0.1, -0.05) is 37.3 Å². The van der Waals surface area contributed by atoms with E-state index in [1.807, 2.05) is 32.0 Å². The van der Waals surface area contributed by atoms with Crippen molar-refractivity contribution < 1.29 is 0 Å². The molecule has 0 spiro atoms. The van der Waals surface area contributed by atoms with Gasteiger partial charge in [0.05, 0.1) is 5.41 Å². The van der Waals surface area contributed by atoms with Crippen LogP contribution in [0.1, 0.15) is 43.0 Å². The van der Waals surface area contributed by atoms with Crippen molar-refractivity contribution >= 4 is 11.6 Å². The van der Waals surface area contributed by atoms with E-state index in [2.05, 4.69) is 53.6 Å². The molecule has 0 aliphatic carbocycles. The molecule has 1 unspecified atom stereocenters. The summed E-state index contributed by atoms with van der Waals surface area (Å²) < 4.78 is 0. The first kappa shape index (κ1) is 16.2. The van der Waals surface area contributed by atoms with E-state index in [0.717, 1.165) is 35.3 Å². The number of aryl methyl sites for hydroxylation is 2. The van der Waals surface area contributed by atoms with Gasteiger partial charge in [-0.25, -0.2) is 9.97 Å². The van der Waals surface area contributed by atoms with Gasteiger partial charge in [0.15, 0.2) is 5.82 Å². The molecule has 0 fully saturated rings. The number of benzene rings is 1. The molecule has 2 N–H and O–H groups in total. The van der Waals surface area contributed by atoms with Crippen molar-refractivity contribution in [2.45, 2.75) is 39.5 Å². The van der Waals surface area contributed by atoms with Crippen LogP contribution in [0.5, 0.6) is 0 Å². The first-order valence-electron chi connectivity index (χ1n) is 8.22. The number of aromatic amines is 1. The second kappa shape index (κ2) is 6.43. The molecule has 1 atom stereocenters. The molecule has 1 aromatic carbocycles. The standard InChI is InChI=1S/C19H23N5/c1-5-19(4,15-9-7-6-8-10-15)18-20-13(2)11-16(22-18)21-17-12-14(3)23-24-17/h6-12H,5H2,1-4H3,(H2,20,21,22,23,24). The maximum Gasteiger partial charge on any atom is 0.153 e. The van der Waals surface area contributed by atoms with Crippen LogP contribution < -0.4 is 5.32 Å². The summed E-state index contributed by atoms with van der Waals surface area (Å²) >= 11 is 0. The Balaban J connectivity index is 2.01. The van der Waals surface area contributed by atoms with Crippen LogP contribution in [-0.2, 0) is 5.41 Å². The number of anilines is 2. The molecule has 0 aliphatic rings. The minimum absolute atomic E-state index is 0.231.